The van der Waals surface area contributed by atoms with Gasteiger partial charge in [-0.05, 0) is 121 Å². The standard InChI is InChI=1S/C31H54O5/c1-29(2,35)16-6-8-23(12-15-28(34)30(3,4)36)27-14-13-26-22(9-7-17-31(26,27)5)11-10-21-18-24(32)20-25(33)19-21/h10-11,23-28,32-36H,6-9,12-20H2,1-5H3/b22-11+/t23-,24+,25+,26?,27?,28?,31-/m0/s1. The molecule has 0 aromatic carbocycles. The molecular formula is C31H54O5. The molecule has 0 bridgehead atoms. The van der Waals surface area contributed by atoms with Gasteiger partial charge in [0.1, 0.15) is 0 Å². The van der Waals surface area contributed by atoms with Gasteiger partial charge in [0.05, 0.1) is 29.5 Å². The van der Waals surface area contributed by atoms with Crippen LogP contribution in [0.3, 0.4) is 0 Å². The van der Waals surface area contributed by atoms with Crippen LogP contribution in [-0.4, -0.2) is 55.0 Å². The summed E-state index contributed by atoms with van der Waals surface area (Å²) in [6.45, 7) is 9.61. The van der Waals surface area contributed by atoms with Gasteiger partial charge in [0.25, 0.3) is 0 Å². The first-order chi connectivity index (χ1) is 16.7. The van der Waals surface area contributed by atoms with Crippen molar-refractivity contribution < 1.29 is 25.5 Å². The van der Waals surface area contributed by atoms with Crippen molar-refractivity contribution in [2.24, 2.45) is 23.2 Å². The minimum atomic E-state index is -1.09. The summed E-state index contributed by atoms with van der Waals surface area (Å²) >= 11 is 0. The van der Waals surface area contributed by atoms with E-state index in [4.69, 9.17) is 0 Å². The molecule has 0 heterocycles. The smallest absolute Gasteiger partial charge is 0.0849 e. The number of hydrogen-bond donors (Lipinski definition) is 5. The summed E-state index contributed by atoms with van der Waals surface area (Å²) in [6.07, 6.45) is 14.9. The molecule has 5 N–H and O–H groups in total. The van der Waals surface area contributed by atoms with Gasteiger partial charge in [-0.25, -0.2) is 0 Å². The largest absolute Gasteiger partial charge is 0.393 e. The zero-order valence-electron chi connectivity index (χ0n) is 23.5. The second-order valence-electron chi connectivity index (χ2n) is 13.8. The van der Waals surface area contributed by atoms with Crippen molar-refractivity contribution in [1.82, 2.24) is 0 Å². The normalized spacial score (nSPS) is 34.5. The Bertz CT molecular complexity index is 761. The van der Waals surface area contributed by atoms with Crippen molar-refractivity contribution in [2.45, 2.75) is 148 Å². The molecule has 3 aliphatic carbocycles. The molecule has 5 heteroatoms. The molecule has 36 heavy (non-hydrogen) atoms. The fourth-order valence-electron chi connectivity index (χ4n) is 7.65. The number of fused-ring (bicyclic) bond motifs is 1. The fourth-order valence-corrected chi connectivity index (χ4v) is 7.65. The zero-order valence-corrected chi connectivity index (χ0v) is 23.5. The molecule has 208 valence electrons. The molecule has 0 radical (unpaired) electrons. The summed E-state index contributed by atoms with van der Waals surface area (Å²) in [6, 6.07) is 0. The first-order valence-corrected chi connectivity index (χ1v) is 14.6. The van der Waals surface area contributed by atoms with E-state index in [1.165, 1.54) is 31.3 Å². The molecule has 0 aliphatic heterocycles. The Balaban J connectivity index is 1.76. The molecular weight excluding hydrogens is 452 g/mol. The summed E-state index contributed by atoms with van der Waals surface area (Å²) in [4.78, 5) is 0. The lowest BCUT2D eigenvalue weighted by Gasteiger charge is -2.45. The van der Waals surface area contributed by atoms with Gasteiger partial charge in [-0.3, -0.25) is 0 Å². The lowest BCUT2D eigenvalue weighted by atomic mass is 9.60. The Labute approximate surface area is 219 Å². The molecule has 0 spiro atoms. The fraction of sp³-hybridized carbons (Fsp3) is 0.871. The van der Waals surface area contributed by atoms with Crippen molar-refractivity contribution in [3.8, 4) is 0 Å². The van der Waals surface area contributed by atoms with Crippen LogP contribution in [0.25, 0.3) is 0 Å². The average Bonchev–Trinajstić information content (AvgIpc) is 3.09. The maximum Gasteiger partial charge on any atom is 0.0849 e. The maximum absolute atomic E-state index is 10.6. The molecule has 0 aromatic heterocycles. The van der Waals surface area contributed by atoms with Gasteiger partial charge in [-0.1, -0.05) is 43.1 Å². The SMILES string of the molecule is CC(C)(O)CCC[C@@H](CCC(O)C(C)(C)O)C1CCC2/C(=C/C=C3C[C@@H](O)C[C@H](O)C3)CCC[C@@]21C. The summed E-state index contributed by atoms with van der Waals surface area (Å²) < 4.78 is 0. The van der Waals surface area contributed by atoms with Crippen molar-refractivity contribution in [3.05, 3.63) is 23.3 Å². The maximum atomic E-state index is 10.6. The quantitative estimate of drug-likeness (QED) is 0.272. The highest BCUT2D eigenvalue weighted by atomic mass is 16.3. The Morgan fingerprint density at radius 2 is 1.64 bits per heavy atom. The van der Waals surface area contributed by atoms with Crippen LogP contribution in [0.15, 0.2) is 23.3 Å². The van der Waals surface area contributed by atoms with Gasteiger partial charge in [-0.15, -0.1) is 0 Å². The third-order valence-corrected chi connectivity index (χ3v) is 9.67. The van der Waals surface area contributed by atoms with E-state index in [1.807, 2.05) is 13.8 Å². The highest BCUT2D eigenvalue weighted by molar-refractivity contribution is 5.26. The van der Waals surface area contributed by atoms with Gasteiger partial charge in [0.15, 0.2) is 0 Å². The summed E-state index contributed by atoms with van der Waals surface area (Å²) in [5.41, 5.74) is 1.16. The molecule has 3 saturated carbocycles. The van der Waals surface area contributed by atoms with E-state index in [0.29, 0.717) is 43.4 Å². The highest BCUT2D eigenvalue weighted by Crippen LogP contribution is 2.60. The van der Waals surface area contributed by atoms with Crippen LogP contribution in [0.1, 0.15) is 118 Å². The Morgan fingerprint density at radius 3 is 2.25 bits per heavy atom. The zero-order chi connectivity index (χ0) is 26.7. The van der Waals surface area contributed by atoms with Gasteiger partial charge in [0, 0.05) is 0 Å². The van der Waals surface area contributed by atoms with E-state index < -0.39 is 29.5 Å². The van der Waals surface area contributed by atoms with Crippen molar-refractivity contribution in [3.63, 3.8) is 0 Å². The summed E-state index contributed by atoms with van der Waals surface area (Å²) in [5, 5.41) is 51.3. The van der Waals surface area contributed by atoms with Crippen LogP contribution in [0.5, 0.6) is 0 Å². The molecule has 0 saturated heterocycles. The Morgan fingerprint density at radius 1 is 0.972 bits per heavy atom. The molecule has 3 unspecified atom stereocenters. The molecule has 7 atom stereocenters. The topological polar surface area (TPSA) is 101 Å². The van der Waals surface area contributed by atoms with E-state index >= 15 is 0 Å². The van der Waals surface area contributed by atoms with Gasteiger partial charge < -0.3 is 25.5 Å². The van der Waals surface area contributed by atoms with E-state index in [2.05, 4.69) is 19.1 Å². The minimum Gasteiger partial charge on any atom is -0.393 e. The van der Waals surface area contributed by atoms with Gasteiger partial charge in [-0.2, -0.15) is 0 Å². The third kappa shape index (κ3) is 7.89. The second-order valence-corrected chi connectivity index (χ2v) is 13.8. The number of allylic oxidation sites excluding steroid dienone is 3. The molecule has 5 nitrogen and oxygen atoms in total. The number of rotatable bonds is 10. The molecule has 0 amide bonds. The molecule has 3 fully saturated rings. The van der Waals surface area contributed by atoms with Crippen LogP contribution in [-0.2, 0) is 0 Å². The minimum absolute atomic E-state index is 0.229. The van der Waals surface area contributed by atoms with Crippen LogP contribution in [0, 0.1) is 23.2 Å². The van der Waals surface area contributed by atoms with E-state index in [9.17, 15) is 25.5 Å². The van der Waals surface area contributed by atoms with Gasteiger partial charge >= 0.3 is 0 Å². The van der Waals surface area contributed by atoms with Crippen LogP contribution in [0.4, 0.5) is 0 Å². The summed E-state index contributed by atoms with van der Waals surface area (Å²) in [7, 11) is 0. The van der Waals surface area contributed by atoms with Crippen molar-refractivity contribution >= 4 is 0 Å². The third-order valence-electron chi connectivity index (χ3n) is 9.67. The van der Waals surface area contributed by atoms with Crippen molar-refractivity contribution in [1.29, 1.82) is 0 Å². The second kappa shape index (κ2) is 12.0. The van der Waals surface area contributed by atoms with Crippen molar-refractivity contribution in [2.75, 3.05) is 0 Å². The number of aliphatic hydroxyl groups excluding tert-OH is 3. The first-order valence-electron chi connectivity index (χ1n) is 14.6. The predicted octanol–water partition coefficient (Wildman–Crippen LogP) is 5.43. The van der Waals surface area contributed by atoms with E-state index in [1.54, 1.807) is 13.8 Å². The van der Waals surface area contributed by atoms with Crippen LogP contribution < -0.4 is 0 Å². The highest BCUT2D eigenvalue weighted by Gasteiger charge is 2.51. The van der Waals surface area contributed by atoms with Crippen LogP contribution in [0.2, 0.25) is 0 Å². The number of aliphatic hydroxyl groups is 5. The molecule has 3 aliphatic rings. The monoisotopic (exact) mass is 506 g/mol. The lowest BCUT2D eigenvalue weighted by molar-refractivity contribution is -0.0563. The molecule has 0 aromatic rings. The van der Waals surface area contributed by atoms with E-state index in [-0.39, 0.29) is 5.41 Å². The molecule has 3 rings (SSSR count). The first kappa shape index (κ1) is 29.8. The Hall–Kier alpha value is -0.720. The number of hydrogen-bond acceptors (Lipinski definition) is 5. The average molecular weight is 507 g/mol. The lowest BCUT2D eigenvalue weighted by Crippen LogP contribution is -2.39. The Kier molecular flexibility index (Phi) is 9.93. The summed E-state index contributed by atoms with van der Waals surface area (Å²) in [5.74, 6) is 1.61. The van der Waals surface area contributed by atoms with Crippen LogP contribution >= 0.6 is 0 Å². The van der Waals surface area contributed by atoms with Gasteiger partial charge in [0.2, 0.25) is 0 Å². The van der Waals surface area contributed by atoms with E-state index in [0.717, 1.165) is 37.7 Å². The predicted molar refractivity (Wildman–Crippen MR) is 145 cm³/mol.